The third kappa shape index (κ3) is 3.25. The van der Waals surface area contributed by atoms with Crippen LogP contribution in [0.1, 0.15) is 23.8 Å². The summed E-state index contributed by atoms with van der Waals surface area (Å²) in [6, 6.07) is 6.76. The van der Waals surface area contributed by atoms with E-state index in [2.05, 4.69) is 15.3 Å². The minimum absolute atomic E-state index is 0.132. The van der Waals surface area contributed by atoms with Crippen molar-refractivity contribution in [1.29, 1.82) is 0 Å². The summed E-state index contributed by atoms with van der Waals surface area (Å²) in [5, 5.41) is 11.2. The maximum atomic E-state index is 11.9. The fourth-order valence-electron chi connectivity index (χ4n) is 1.68. The number of hydrogen-bond donors (Lipinski definition) is 2. The highest BCUT2D eigenvalue weighted by Crippen LogP contribution is 2.08. The number of para-hydroxylation sites is 2. The number of rotatable bonds is 4. The Kier molecular flexibility index (Phi) is 3.70. The predicted octanol–water partition coefficient (Wildman–Crippen LogP) is 1.22. The van der Waals surface area contributed by atoms with Crippen LogP contribution in [0.3, 0.4) is 0 Å². The molecule has 0 saturated heterocycles. The minimum Gasteiger partial charge on any atom is -0.481 e. The fraction of sp³-hybridized carbons (Fsp3) is 0.231. The van der Waals surface area contributed by atoms with Gasteiger partial charge < -0.3 is 10.4 Å². The van der Waals surface area contributed by atoms with Gasteiger partial charge in [-0.1, -0.05) is 12.1 Å². The number of benzene rings is 1. The van der Waals surface area contributed by atoms with E-state index in [1.165, 1.54) is 6.20 Å². The molecule has 1 amide bonds. The molecule has 0 saturated carbocycles. The Morgan fingerprint density at radius 3 is 2.68 bits per heavy atom. The van der Waals surface area contributed by atoms with E-state index in [0.29, 0.717) is 11.0 Å². The Morgan fingerprint density at radius 1 is 1.32 bits per heavy atom. The van der Waals surface area contributed by atoms with Crippen molar-refractivity contribution in [3.63, 3.8) is 0 Å². The minimum atomic E-state index is -0.961. The lowest BCUT2D eigenvalue weighted by molar-refractivity contribution is -0.137. The number of amides is 1. The first-order valence-corrected chi connectivity index (χ1v) is 5.80. The summed E-state index contributed by atoms with van der Waals surface area (Å²) in [6.45, 7) is 1.63. The Hall–Kier alpha value is -2.50. The van der Waals surface area contributed by atoms with Crippen molar-refractivity contribution in [2.45, 2.75) is 19.4 Å². The average molecular weight is 259 g/mol. The van der Waals surface area contributed by atoms with Crippen LogP contribution in [0, 0.1) is 0 Å². The second-order valence-corrected chi connectivity index (χ2v) is 4.22. The van der Waals surface area contributed by atoms with Crippen LogP contribution < -0.4 is 5.32 Å². The molecule has 19 heavy (non-hydrogen) atoms. The topological polar surface area (TPSA) is 92.2 Å². The van der Waals surface area contributed by atoms with Gasteiger partial charge in [-0.05, 0) is 19.1 Å². The number of aromatic nitrogens is 2. The monoisotopic (exact) mass is 259 g/mol. The van der Waals surface area contributed by atoms with Gasteiger partial charge >= 0.3 is 5.97 Å². The first-order chi connectivity index (χ1) is 9.06. The molecule has 1 unspecified atom stereocenters. The van der Waals surface area contributed by atoms with Crippen molar-refractivity contribution in [3.8, 4) is 0 Å². The Balaban J connectivity index is 2.15. The van der Waals surface area contributed by atoms with Crippen molar-refractivity contribution in [2.24, 2.45) is 0 Å². The molecule has 2 aromatic rings. The molecule has 98 valence electrons. The second-order valence-electron chi connectivity index (χ2n) is 4.22. The number of carboxylic acid groups (broad SMARTS) is 1. The van der Waals surface area contributed by atoms with E-state index in [0.717, 1.165) is 0 Å². The largest absolute Gasteiger partial charge is 0.481 e. The molecule has 6 heteroatoms. The number of nitrogens with zero attached hydrogens (tertiary/aromatic N) is 2. The Labute approximate surface area is 109 Å². The van der Waals surface area contributed by atoms with Crippen LogP contribution in [-0.4, -0.2) is 33.0 Å². The molecule has 2 N–H and O–H groups in total. The number of carbonyl (C=O) groups is 2. The number of fused-ring (bicyclic) bond motifs is 1. The van der Waals surface area contributed by atoms with E-state index < -0.39 is 17.9 Å². The molecule has 0 bridgehead atoms. The fourth-order valence-corrected chi connectivity index (χ4v) is 1.68. The van der Waals surface area contributed by atoms with Crippen LogP contribution in [0.25, 0.3) is 11.0 Å². The van der Waals surface area contributed by atoms with Gasteiger partial charge in [0.15, 0.2) is 0 Å². The van der Waals surface area contributed by atoms with Crippen molar-refractivity contribution < 1.29 is 14.7 Å². The van der Waals surface area contributed by atoms with E-state index in [9.17, 15) is 9.59 Å². The molecule has 1 heterocycles. The molecular formula is C13H13N3O3. The summed E-state index contributed by atoms with van der Waals surface area (Å²) in [4.78, 5) is 30.7. The quantitative estimate of drug-likeness (QED) is 0.861. The smallest absolute Gasteiger partial charge is 0.305 e. The highest BCUT2D eigenvalue weighted by atomic mass is 16.4. The van der Waals surface area contributed by atoms with Crippen LogP contribution >= 0.6 is 0 Å². The molecule has 0 aliphatic rings. The van der Waals surface area contributed by atoms with Gasteiger partial charge in [-0.2, -0.15) is 0 Å². The number of hydrogen-bond acceptors (Lipinski definition) is 4. The lowest BCUT2D eigenvalue weighted by Crippen LogP contribution is -2.34. The van der Waals surface area contributed by atoms with E-state index >= 15 is 0 Å². The normalized spacial score (nSPS) is 12.1. The molecule has 2 rings (SSSR count). The summed E-state index contributed by atoms with van der Waals surface area (Å²) < 4.78 is 0. The third-order valence-corrected chi connectivity index (χ3v) is 2.54. The average Bonchev–Trinajstić information content (AvgIpc) is 2.37. The van der Waals surface area contributed by atoms with Crippen molar-refractivity contribution >= 4 is 22.9 Å². The van der Waals surface area contributed by atoms with Crippen molar-refractivity contribution in [1.82, 2.24) is 15.3 Å². The zero-order valence-electron chi connectivity index (χ0n) is 10.3. The Morgan fingerprint density at radius 2 is 2.00 bits per heavy atom. The summed E-state index contributed by atoms with van der Waals surface area (Å²) >= 11 is 0. The van der Waals surface area contributed by atoms with Crippen LogP contribution in [0.5, 0.6) is 0 Å². The molecule has 0 spiro atoms. The van der Waals surface area contributed by atoms with Crippen molar-refractivity contribution in [2.75, 3.05) is 0 Å². The third-order valence-electron chi connectivity index (χ3n) is 2.54. The second kappa shape index (κ2) is 5.43. The van der Waals surface area contributed by atoms with Crippen LogP contribution in [0.15, 0.2) is 30.5 Å². The molecule has 0 fully saturated rings. The highest BCUT2D eigenvalue weighted by molar-refractivity contribution is 5.94. The maximum absolute atomic E-state index is 11.9. The van der Waals surface area contributed by atoms with Gasteiger partial charge in [0.25, 0.3) is 5.91 Å². The summed E-state index contributed by atoms with van der Waals surface area (Å²) in [5.41, 5.74) is 1.51. The Bertz CT molecular complexity index is 627. The van der Waals surface area contributed by atoms with Gasteiger partial charge in [-0.25, -0.2) is 4.98 Å². The number of nitrogens with one attached hydrogen (secondary N) is 1. The summed E-state index contributed by atoms with van der Waals surface area (Å²) in [5.74, 6) is -1.38. The summed E-state index contributed by atoms with van der Waals surface area (Å²) in [7, 11) is 0. The molecule has 0 radical (unpaired) electrons. The molecule has 0 aliphatic carbocycles. The lowest BCUT2D eigenvalue weighted by atomic mass is 10.2. The van der Waals surface area contributed by atoms with Crippen molar-refractivity contribution in [3.05, 3.63) is 36.2 Å². The van der Waals surface area contributed by atoms with Crippen LogP contribution in [-0.2, 0) is 4.79 Å². The molecule has 1 aromatic carbocycles. The van der Waals surface area contributed by atoms with Gasteiger partial charge in [-0.3, -0.25) is 14.6 Å². The standard InChI is InChI=1S/C13H13N3O3/c1-8(6-12(17)18)15-13(19)11-7-14-9-4-2-3-5-10(9)16-11/h2-5,7-8H,6H2,1H3,(H,15,19)(H,17,18). The zero-order valence-corrected chi connectivity index (χ0v) is 10.3. The molecule has 1 aromatic heterocycles. The molecule has 1 atom stereocenters. The lowest BCUT2D eigenvalue weighted by Gasteiger charge is -2.10. The number of carboxylic acids is 1. The van der Waals surface area contributed by atoms with Gasteiger partial charge in [0, 0.05) is 6.04 Å². The highest BCUT2D eigenvalue weighted by Gasteiger charge is 2.14. The van der Waals surface area contributed by atoms with E-state index in [-0.39, 0.29) is 12.1 Å². The van der Waals surface area contributed by atoms with Gasteiger partial charge in [0.2, 0.25) is 0 Å². The molecule has 6 nitrogen and oxygen atoms in total. The van der Waals surface area contributed by atoms with E-state index in [1.54, 1.807) is 19.1 Å². The van der Waals surface area contributed by atoms with E-state index in [4.69, 9.17) is 5.11 Å². The first kappa shape index (κ1) is 12.9. The maximum Gasteiger partial charge on any atom is 0.305 e. The molecular weight excluding hydrogens is 246 g/mol. The predicted molar refractivity (Wildman–Crippen MR) is 68.7 cm³/mol. The summed E-state index contributed by atoms with van der Waals surface area (Å²) in [6.07, 6.45) is 1.25. The van der Waals surface area contributed by atoms with Gasteiger partial charge in [0.1, 0.15) is 5.69 Å². The van der Waals surface area contributed by atoms with Crippen LogP contribution in [0.4, 0.5) is 0 Å². The number of aliphatic carboxylic acids is 1. The molecule has 0 aliphatic heterocycles. The number of carbonyl (C=O) groups excluding carboxylic acids is 1. The zero-order chi connectivity index (χ0) is 13.8. The first-order valence-electron chi connectivity index (χ1n) is 5.80. The van der Waals surface area contributed by atoms with Crippen LogP contribution in [0.2, 0.25) is 0 Å². The van der Waals surface area contributed by atoms with E-state index in [1.807, 2.05) is 12.1 Å². The van der Waals surface area contributed by atoms with Gasteiger partial charge in [-0.15, -0.1) is 0 Å². The SMILES string of the molecule is CC(CC(=O)O)NC(=O)c1cnc2ccccc2n1. The van der Waals surface area contributed by atoms with Gasteiger partial charge in [0.05, 0.1) is 23.7 Å².